The van der Waals surface area contributed by atoms with Crippen LogP contribution in [0.4, 0.5) is 0 Å². The van der Waals surface area contributed by atoms with Crippen LogP contribution in [0.15, 0.2) is 30.3 Å². The second-order valence-corrected chi connectivity index (χ2v) is 8.23. The largest absolute Gasteiger partial charge is 0.307 e. The van der Waals surface area contributed by atoms with Crippen LogP contribution in [-0.2, 0) is 0 Å². The van der Waals surface area contributed by atoms with E-state index < -0.39 is 0 Å². The van der Waals surface area contributed by atoms with Crippen LogP contribution in [0.5, 0.6) is 0 Å². The lowest BCUT2D eigenvalue weighted by Gasteiger charge is -2.42. The molecule has 3 atom stereocenters. The van der Waals surface area contributed by atoms with Crippen molar-refractivity contribution in [3.8, 4) is 0 Å². The van der Waals surface area contributed by atoms with Gasteiger partial charge in [-0.3, -0.25) is 4.90 Å². The van der Waals surface area contributed by atoms with Gasteiger partial charge in [-0.15, -0.1) is 0 Å². The number of piperazine rings is 1. The van der Waals surface area contributed by atoms with Crippen molar-refractivity contribution in [3.05, 3.63) is 35.9 Å². The highest BCUT2D eigenvalue weighted by atomic mass is 32.2. The van der Waals surface area contributed by atoms with E-state index in [1.807, 2.05) is 0 Å². The number of benzene rings is 1. The molecule has 0 radical (unpaired) electrons. The van der Waals surface area contributed by atoms with Crippen molar-refractivity contribution in [2.24, 2.45) is 0 Å². The lowest BCUT2D eigenvalue weighted by atomic mass is 9.99. The maximum atomic E-state index is 3.70. The summed E-state index contributed by atoms with van der Waals surface area (Å²) in [7, 11) is 0. The molecule has 0 amide bonds. The van der Waals surface area contributed by atoms with Crippen molar-refractivity contribution in [1.29, 1.82) is 0 Å². The molecule has 3 rings (SSSR count). The fourth-order valence-electron chi connectivity index (χ4n) is 3.44. The van der Waals surface area contributed by atoms with Crippen LogP contribution in [0.1, 0.15) is 38.3 Å². The summed E-state index contributed by atoms with van der Waals surface area (Å²) >= 11 is 2.18. The van der Waals surface area contributed by atoms with Gasteiger partial charge in [0.05, 0.1) is 0 Å². The molecular weight excluding hydrogens is 264 g/mol. The highest BCUT2D eigenvalue weighted by Gasteiger charge is 2.35. The molecule has 0 aromatic heterocycles. The minimum Gasteiger partial charge on any atom is -0.307 e. The van der Waals surface area contributed by atoms with Crippen molar-refractivity contribution in [2.75, 3.05) is 25.4 Å². The van der Waals surface area contributed by atoms with E-state index in [-0.39, 0.29) is 0 Å². The molecule has 3 heteroatoms. The molecule has 2 fully saturated rings. The molecule has 2 saturated heterocycles. The summed E-state index contributed by atoms with van der Waals surface area (Å²) in [5.74, 6) is 1.35. The molecule has 3 unspecified atom stereocenters. The van der Waals surface area contributed by atoms with Gasteiger partial charge in [-0.1, -0.05) is 30.3 Å². The number of hydrogen-bond donors (Lipinski definition) is 1. The average Bonchev–Trinajstić information content (AvgIpc) is 2.89. The van der Waals surface area contributed by atoms with Crippen LogP contribution in [0.3, 0.4) is 0 Å². The van der Waals surface area contributed by atoms with E-state index in [2.05, 4.69) is 66.2 Å². The normalized spacial score (nSPS) is 35.3. The summed E-state index contributed by atoms with van der Waals surface area (Å²) in [4.78, 5) is 2.70. The van der Waals surface area contributed by atoms with E-state index in [4.69, 9.17) is 0 Å². The topological polar surface area (TPSA) is 15.3 Å². The van der Waals surface area contributed by atoms with Gasteiger partial charge >= 0.3 is 0 Å². The van der Waals surface area contributed by atoms with Crippen LogP contribution in [0.2, 0.25) is 0 Å². The fraction of sp³-hybridized carbons (Fsp3) is 0.647. The monoisotopic (exact) mass is 290 g/mol. The molecule has 20 heavy (non-hydrogen) atoms. The molecule has 2 aliphatic heterocycles. The zero-order valence-electron chi connectivity index (χ0n) is 12.6. The third-order valence-electron chi connectivity index (χ3n) is 4.74. The zero-order chi connectivity index (χ0) is 14.0. The molecule has 2 heterocycles. The van der Waals surface area contributed by atoms with Gasteiger partial charge in [0, 0.05) is 36.5 Å². The summed E-state index contributed by atoms with van der Waals surface area (Å²) in [6.07, 6.45) is 2.77. The van der Waals surface area contributed by atoms with Crippen LogP contribution in [0.25, 0.3) is 0 Å². The zero-order valence-corrected chi connectivity index (χ0v) is 13.5. The second-order valence-electron chi connectivity index (χ2n) is 6.55. The number of nitrogens with one attached hydrogen (secondary N) is 1. The molecule has 1 aromatic carbocycles. The molecule has 0 spiro atoms. The molecule has 110 valence electrons. The summed E-state index contributed by atoms with van der Waals surface area (Å²) in [6, 6.07) is 12.0. The Kier molecular flexibility index (Phi) is 4.39. The van der Waals surface area contributed by atoms with Gasteiger partial charge in [0.15, 0.2) is 0 Å². The third kappa shape index (κ3) is 3.21. The molecule has 2 nitrogen and oxygen atoms in total. The average molecular weight is 290 g/mol. The molecule has 1 aromatic rings. The number of hydrogen-bond acceptors (Lipinski definition) is 3. The Bertz CT molecular complexity index is 428. The molecule has 2 aliphatic rings. The fourth-order valence-corrected chi connectivity index (χ4v) is 4.77. The summed E-state index contributed by atoms with van der Waals surface area (Å²) in [6.45, 7) is 8.29. The summed E-state index contributed by atoms with van der Waals surface area (Å²) < 4.78 is 0.479. The summed E-state index contributed by atoms with van der Waals surface area (Å²) in [5.41, 5.74) is 1.42. The molecule has 0 saturated carbocycles. The quantitative estimate of drug-likeness (QED) is 0.919. The number of rotatable bonds is 3. The Morgan fingerprint density at radius 3 is 2.85 bits per heavy atom. The van der Waals surface area contributed by atoms with Crippen LogP contribution < -0.4 is 5.32 Å². The van der Waals surface area contributed by atoms with E-state index >= 15 is 0 Å². The lowest BCUT2D eigenvalue weighted by Crippen LogP contribution is -2.54. The Balaban J connectivity index is 1.67. The lowest BCUT2D eigenvalue weighted by molar-refractivity contribution is 0.129. The predicted octanol–water partition coefficient (Wildman–Crippen LogP) is 3.31. The number of nitrogens with zero attached hydrogens (tertiary/aromatic N) is 1. The van der Waals surface area contributed by atoms with Gasteiger partial charge in [-0.05, 0) is 38.0 Å². The third-order valence-corrected chi connectivity index (χ3v) is 6.26. The summed E-state index contributed by atoms with van der Waals surface area (Å²) in [5, 5.41) is 3.70. The minimum absolute atomic E-state index is 0.479. The molecule has 0 bridgehead atoms. The first kappa shape index (κ1) is 14.4. The highest BCUT2D eigenvalue weighted by molar-refractivity contribution is 8.00. The first-order valence-corrected chi connectivity index (χ1v) is 8.81. The van der Waals surface area contributed by atoms with E-state index in [0.717, 1.165) is 13.1 Å². The smallest absolute Gasteiger partial charge is 0.0449 e. The van der Waals surface area contributed by atoms with Crippen LogP contribution in [0, 0.1) is 0 Å². The van der Waals surface area contributed by atoms with Crippen molar-refractivity contribution < 1.29 is 0 Å². The standard InChI is InChI=1S/C17H26N2S/c1-14-11-18-16(15-7-4-3-5-8-15)12-19(14)13-17(2)9-6-10-20-17/h3-5,7-8,14,16,18H,6,9-13H2,1-2H3. The van der Waals surface area contributed by atoms with Gasteiger partial charge in [0.25, 0.3) is 0 Å². The van der Waals surface area contributed by atoms with E-state index in [1.165, 1.54) is 30.7 Å². The Hall–Kier alpha value is -0.510. The maximum absolute atomic E-state index is 3.70. The van der Waals surface area contributed by atoms with Crippen LogP contribution in [-0.4, -0.2) is 41.1 Å². The van der Waals surface area contributed by atoms with E-state index in [9.17, 15) is 0 Å². The molecule has 1 N–H and O–H groups in total. The second kappa shape index (κ2) is 6.08. The highest BCUT2D eigenvalue weighted by Crippen LogP contribution is 2.39. The Labute approximate surface area is 127 Å². The predicted molar refractivity (Wildman–Crippen MR) is 88.3 cm³/mol. The van der Waals surface area contributed by atoms with E-state index in [1.54, 1.807) is 0 Å². The Morgan fingerprint density at radius 1 is 1.35 bits per heavy atom. The van der Waals surface area contributed by atoms with Gasteiger partial charge < -0.3 is 5.32 Å². The van der Waals surface area contributed by atoms with Crippen molar-refractivity contribution >= 4 is 11.8 Å². The Morgan fingerprint density at radius 2 is 2.15 bits per heavy atom. The van der Waals surface area contributed by atoms with Gasteiger partial charge in [-0.2, -0.15) is 11.8 Å². The first-order valence-electron chi connectivity index (χ1n) is 7.83. The van der Waals surface area contributed by atoms with Gasteiger partial charge in [0.1, 0.15) is 0 Å². The van der Waals surface area contributed by atoms with Crippen molar-refractivity contribution in [3.63, 3.8) is 0 Å². The molecule has 0 aliphatic carbocycles. The van der Waals surface area contributed by atoms with Gasteiger partial charge in [0.2, 0.25) is 0 Å². The SMILES string of the molecule is CC1CNC(c2ccccc2)CN1CC1(C)CCCS1. The van der Waals surface area contributed by atoms with Gasteiger partial charge in [-0.25, -0.2) is 0 Å². The van der Waals surface area contributed by atoms with E-state index in [0.29, 0.717) is 16.8 Å². The minimum atomic E-state index is 0.479. The first-order chi connectivity index (χ1) is 9.66. The number of thioether (sulfide) groups is 1. The molecular formula is C17H26N2S. The van der Waals surface area contributed by atoms with Crippen LogP contribution >= 0.6 is 11.8 Å². The van der Waals surface area contributed by atoms with Crippen molar-refractivity contribution in [2.45, 2.75) is 43.5 Å². The maximum Gasteiger partial charge on any atom is 0.0449 e. The van der Waals surface area contributed by atoms with Crippen molar-refractivity contribution in [1.82, 2.24) is 10.2 Å².